The van der Waals surface area contributed by atoms with Crippen LogP contribution in [0.5, 0.6) is 0 Å². The molecule has 4 aromatic rings. The zero-order chi connectivity index (χ0) is 17.9. The molecule has 0 atom stereocenters. The molecule has 0 spiro atoms. The van der Waals surface area contributed by atoms with Gasteiger partial charge in [0.15, 0.2) is 5.69 Å². The van der Waals surface area contributed by atoms with E-state index in [1.54, 1.807) is 21.7 Å². The molecule has 0 bridgehead atoms. The highest BCUT2D eigenvalue weighted by Crippen LogP contribution is 2.17. The SMILES string of the molecule is Cl.O=[N+]([O-])c1ccc(-n2nc(-c3ccccc3)n[n+]2-c2ccccc2)cc1.[Cl-]. The molecule has 0 aliphatic carbocycles. The van der Waals surface area contributed by atoms with E-state index in [-0.39, 0.29) is 30.5 Å². The van der Waals surface area contributed by atoms with Gasteiger partial charge in [-0.3, -0.25) is 10.1 Å². The molecular formula is C19H15Cl2N5O2. The van der Waals surface area contributed by atoms with Gasteiger partial charge < -0.3 is 12.4 Å². The van der Waals surface area contributed by atoms with E-state index in [9.17, 15) is 10.1 Å². The Morgan fingerprint density at radius 1 is 0.857 bits per heavy atom. The molecule has 1 heterocycles. The van der Waals surface area contributed by atoms with E-state index in [0.717, 1.165) is 11.3 Å². The highest BCUT2D eigenvalue weighted by atomic mass is 35.5. The normalized spacial score (nSPS) is 9.86. The van der Waals surface area contributed by atoms with Crippen LogP contribution in [0.2, 0.25) is 0 Å². The lowest BCUT2D eigenvalue weighted by Crippen LogP contribution is -3.00. The number of nitro benzene ring substituents is 1. The van der Waals surface area contributed by atoms with E-state index in [1.807, 2.05) is 60.7 Å². The van der Waals surface area contributed by atoms with Crippen molar-refractivity contribution >= 4 is 18.1 Å². The summed E-state index contributed by atoms with van der Waals surface area (Å²) in [5.74, 6) is 0.563. The number of hydrogen-bond donors (Lipinski definition) is 0. The Kier molecular flexibility index (Phi) is 6.81. The summed E-state index contributed by atoms with van der Waals surface area (Å²) in [7, 11) is 0. The topological polar surface area (TPSA) is 77.7 Å². The first-order valence-corrected chi connectivity index (χ1v) is 7.98. The van der Waals surface area contributed by atoms with Crippen LogP contribution in [0.3, 0.4) is 0 Å². The van der Waals surface area contributed by atoms with Crippen molar-refractivity contribution in [2.24, 2.45) is 0 Å². The van der Waals surface area contributed by atoms with Crippen LogP contribution in [0.25, 0.3) is 22.8 Å². The summed E-state index contributed by atoms with van der Waals surface area (Å²) < 4.78 is 0. The van der Waals surface area contributed by atoms with Crippen molar-refractivity contribution < 1.29 is 22.1 Å². The number of hydrogen-bond acceptors (Lipinski definition) is 4. The average Bonchev–Trinajstić information content (AvgIpc) is 3.15. The van der Waals surface area contributed by atoms with Gasteiger partial charge in [0.05, 0.1) is 15.6 Å². The molecule has 0 unspecified atom stereocenters. The molecule has 7 nitrogen and oxygen atoms in total. The van der Waals surface area contributed by atoms with Crippen molar-refractivity contribution in [2.75, 3.05) is 0 Å². The number of para-hydroxylation sites is 1. The van der Waals surface area contributed by atoms with E-state index in [2.05, 4.69) is 10.2 Å². The number of nitro groups is 1. The molecule has 0 aliphatic heterocycles. The van der Waals surface area contributed by atoms with Gasteiger partial charge in [0.1, 0.15) is 5.69 Å². The Bertz CT molecular complexity index is 1050. The fourth-order valence-electron chi connectivity index (χ4n) is 2.59. The number of benzene rings is 3. The maximum absolute atomic E-state index is 10.9. The molecule has 0 aliphatic rings. The monoisotopic (exact) mass is 415 g/mol. The molecule has 28 heavy (non-hydrogen) atoms. The number of non-ortho nitro benzene ring substituents is 1. The molecule has 0 saturated carbocycles. The van der Waals surface area contributed by atoms with Gasteiger partial charge in [-0.25, -0.2) is 0 Å². The second-order valence-corrected chi connectivity index (χ2v) is 5.58. The Morgan fingerprint density at radius 2 is 1.43 bits per heavy atom. The van der Waals surface area contributed by atoms with Crippen LogP contribution in [0.4, 0.5) is 5.69 Å². The third-order valence-electron chi connectivity index (χ3n) is 3.87. The summed E-state index contributed by atoms with van der Waals surface area (Å²) in [6, 6.07) is 25.5. The first kappa shape index (κ1) is 21.0. The molecule has 0 fully saturated rings. The number of nitrogens with zero attached hydrogens (tertiary/aromatic N) is 5. The predicted molar refractivity (Wildman–Crippen MR) is 102 cm³/mol. The van der Waals surface area contributed by atoms with Gasteiger partial charge in [-0.15, -0.1) is 12.4 Å². The fraction of sp³-hybridized carbons (Fsp3) is 0. The van der Waals surface area contributed by atoms with E-state index >= 15 is 0 Å². The standard InChI is InChI=1S/C19H14N5O2.2ClH/c25-24(26)18-13-11-17(12-14-18)23-21-19(15-7-3-1-4-8-15)20-22(23)16-9-5-2-6-10-16;;/h1-14H;2*1H/q+1;;/p-1. The summed E-state index contributed by atoms with van der Waals surface area (Å²) >= 11 is 0. The molecule has 1 aromatic heterocycles. The van der Waals surface area contributed by atoms with Crippen LogP contribution in [-0.4, -0.2) is 19.9 Å². The maximum Gasteiger partial charge on any atom is 0.340 e. The van der Waals surface area contributed by atoms with Crippen molar-refractivity contribution in [1.82, 2.24) is 15.0 Å². The molecule has 0 amide bonds. The second kappa shape index (κ2) is 9.07. The van der Waals surface area contributed by atoms with Gasteiger partial charge in [-0.2, -0.15) is 0 Å². The highest BCUT2D eigenvalue weighted by Gasteiger charge is 2.23. The van der Waals surface area contributed by atoms with Crippen LogP contribution in [0.15, 0.2) is 84.9 Å². The number of aromatic nitrogens is 4. The lowest BCUT2D eigenvalue weighted by Gasteiger charge is -1.99. The van der Waals surface area contributed by atoms with Crippen molar-refractivity contribution in [3.63, 3.8) is 0 Å². The van der Waals surface area contributed by atoms with Gasteiger partial charge in [-0.1, -0.05) is 36.4 Å². The van der Waals surface area contributed by atoms with E-state index in [0.29, 0.717) is 11.5 Å². The first-order valence-electron chi connectivity index (χ1n) is 7.98. The molecule has 0 radical (unpaired) electrons. The number of rotatable bonds is 4. The van der Waals surface area contributed by atoms with Gasteiger partial charge >= 0.3 is 5.82 Å². The van der Waals surface area contributed by atoms with Crippen molar-refractivity contribution in [1.29, 1.82) is 0 Å². The second-order valence-electron chi connectivity index (χ2n) is 5.58. The Hall–Kier alpha value is -3.29. The van der Waals surface area contributed by atoms with Gasteiger partial charge in [0, 0.05) is 16.9 Å². The van der Waals surface area contributed by atoms with Gasteiger partial charge in [0.25, 0.3) is 5.69 Å². The van der Waals surface area contributed by atoms with Crippen LogP contribution < -0.4 is 17.2 Å². The minimum Gasteiger partial charge on any atom is -1.00 e. The molecule has 0 N–H and O–H groups in total. The molecule has 142 valence electrons. The van der Waals surface area contributed by atoms with Crippen LogP contribution in [0, 0.1) is 10.1 Å². The summed E-state index contributed by atoms with van der Waals surface area (Å²) in [5.41, 5.74) is 2.43. The Morgan fingerprint density at radius 3 is 2.00 bits per heavy atom. The van der Waals surface area contributed by atoms with Gasteiger partial charge in [0.2, 0.25) is 0 Å². The smallest absolute Gasteiger partial charge is 0.340 e. The van der Waals surface area contributed by atoms with E-state index < -0.39 is 4.92 Å². The molecule has 4 rings (SSSR count). The quantitative estimate of drug-likeness (QED) is 0.277. The first-order chi connectivity index (χ1) is 12.7. The van der Waals surface area contributed by atoms with Crippen LogP contribution in [-0.2, 0) is 0 Å². The average molecular weight is 416 g/mol. The summed E-state index contributed by atoms with van der Waals surface area (Å²) in [5, 5.41) is 20.1. The minimum atomic E-state index is -0.425. The molecule has 3 aromatic carbocycles. The third kappa shape index (κ3) is 4.16. The number of halogens is 2. The maximum atomic E-state index is 10.9. The Balaban J connectivity index is 0.00000140. The minimum absolute atomic E-state index is 0. The summed E-state index contributed by atoms with van der Waals surface area (Å²) in [6.07, 6.45) is 0. The molecular weight excluding hydrogens is 401 g/mol. The fourth-order valence-corrected chi connectivity index (χ4v) is 2.59. The van der Waals surface area contributed by atoms with Crippen LogP contribution in [0.1, 0.15) is 0 Å². The largest absolute Gasteiger partial charge is 1.00 e. The zero-order valence-corrected chi connectivity index (χ0v) is 16.0. The molecule has 0 saturated heterocycles. The van der Waals surface area contributed by atoms with Crippen molar-refractivity contribution in [3.8, 4) is 22.8 Å². The summed E-state index contributed by atoms with van der Waals surface area (Å²) in [4.78, 5) is 13.8. The Labute approximate surface area is 173 Å². The number of tetrazole rings is 1. The van der Waals surface area contributed by atoms with Crippen molar-refractivity contribution in [2.45, 2.75) is 0 Å². The highest BCUT2D eigenvalue weighted by molar-refractivity contribution is 5.85. The zero-order valence-electron chi connectivity index (χ0n) is 14.4. The lowest BCUT2D eigenvalue weighted by molar-refractivity contribution is -0.734. The predicted octanol–water partition coefficient (Wildman–Crippen LogP) is 0.545. The van der Waals surface area contributed by atoms with Crippen LogP contribution >= 0.6 is 12.4 Å². The third-order valence-corrected chi connectivity index (χ3v) is 3.87. The van der Waals surface area contributed by atoms with Gasteiger partial charge in [-0.05, 0) is 46.3 Å². The van der Waals surface area contributed by atoms with Crippen molar-refractivity contribution in [3.05, 3.63) is 95.0 Å². The van der Waals surface area contributed by atoms with E-state index in [4.69, 9.17) is 0 Å². The van der Waals surface area contributed by atoms with E-state index in [1.165, 1.54) is 12.1 Å². The molecule has 9 heteroatoms. The summed E-state index contributed by atoms with van der Waals surface area (Å²) in [6.45, 7) is 0. The lowest BCUT2D eigenvalue weighted by atomic mass is 10.2.